The molecule has 0 saturated heterocycles. The van der Waals surface area contributed by atoms with Crippen molar-refractivity contribution in [2.45, 2.75) is 27.7 Å². The first-order valence-electron chi connectivity index (χ1n) is 10.0. The summed E-state index contributed by atoms with van der Waals surface area (Å²) in [5, 5.41) is 0. The van der Waals surface area contributed by atoms with E-state index < -0.39 is 0 Å². The van der Waals surface area contributed by atoms with Crippen molar-refractivity contribution in [1.29, 1.82) is 0 Å². The molecular weight excluding hydrogens is 453 g/mol. The predicted octanol–water partition coefficient (Wildman–Crippen LogP) is 7.14. The first-order chi connectivity index (χ1) is 14.6. The molecular formula is C28H26N2Y-2. The third-order valence-electron chi connectivity index (χ3n) is 4.89. The first-order valence-corrected chi connectivity index (χ1v) is 10.0. The summed E-state index contributed by atoms with van der Waals surface area (Å²) in [4.78, 5) is 9.51. The molecule has 3 heteroatoms. The summed E-state index contributed by atoms with van der Waals surface area (Å²) in [6.45, 7) is 7.95. The van der Waals surface area contributed by atoms with Gasteiger partial charge in [-0.1, -0.05) is 60.7 Å². The minimum atomic E-state index is 0. The van der Waals surface area contributed by atoms with Crippen LogP contribution in [-0.2, 0) is 32.7 Å². The van der Waals surface area contributed by atoms with Crippen LogP contribution in [0.15, 0.2) is 84.9 Å². The van der Waals surface area contributed by atoms with Crippen molar-refractivity contribution < 1.29 is 32.7 Å². The van der Waals surface area contributed by atoms with Crippen LogP contribution < -0.4 is 0 Å². The molecule has 0 amide bonds. The molecule has 0 spiro atoms. The van der Waals surface area contributed by atoms with E-state index in [1.165, 1.54) is 0 Å². The Morgan fingerprint density at radius 3 is 1.55 bits per heavy atom. The number of hydrogen-bond acceptors (Lipinski definition) is 2. The molecule has 0 unspecified atom stereocenters. The molecule has 0 atom stereocenters. The van der Waals surface area contributed by atoms with Crippen LogP contribution in [0.5, 0.6) is 0 Å². The number of aryl methyl sites for hydroxylation is 2. The van der Waals surface area contributed by atoms with Gasteiger partial charge in [-0.25, -0.2) is 22.1 Å². The van der Waals surface area contributed by atoms with Gasteiger partial charge in [-0.15, -0.1) is 19.9 Å². The van der Waals surface area contributed by atoms with Crippen LogP contribution in [0.2, 0.25) is 0 Å². The fourth-order valence-corrected chi connectivity index (χ4v) is 2.96. The van der Waals surface area contributed by atoms with Crippen LogP contribution in [-0.4, -0.2) is 9.97 Å². The normalized spacial score (nSPS) is 10.5. The quantitative estimate of drug-likeness (QED) is 0.292. The second kappa shape index (κ2) is 12.4. The van der Waals surface area contributed by atoms with Crippen molar-refractivity contribution in [3.8, 4) is 22.5 Å². The van der Waals surface area contributed by atoms with Crippen LogP contribution in [0.4, 0.5) is 0 Å². The summed E-state index contributed by atoms with van der Waals surface area (Å²) in [7, 11) is 0. The van der Waals surface area contributed by atoms with Crippen LogP contribution >= 0.6 is 0 Å². The minimum absolute atomic E-state index is 0. The standard InChI is InChI=1S/C18H16N2.C10H10.Y/c1-13-14(2)20-18(16-11-7-4-8-12-16)17(19-13)15-9-5-3-6-10-15;1-3-9(2)10-7-5-4-6-8-10;/h3-12H,1-2H3;4-7H,1-2H3;/q;-2;. The summed E-state index contributed by atoms with van der Waals surface area (Å²) in [6.07, 6.45) is 3.07. The molecule has 31 heavy (non-hydrogen) atoms. The van der Waals surface area contributed by atoms with Gasteiger partial charge in [0.15, 0.2) is 0 Å². The van der Waals surface area contributed by atoms with Gasteiger partial charge < -0.3 is 17.2 Å². The summed E-state index contributed by atoms with van der Waals surface area (Å²) in [5.74, 6) is 0. The first kappa shape index (κ1) is 24.8. The minimum Gasteiger partial charge on any atom is -0.327 e. The van der Waals surface area contributed by atoms with Gasteiger partial charge in [0, 0.05) is 43.8 Å². The van der Waals surface area contributed by atoms with E-state index in [1.54, 1.807) is 0 Å². The van der Waals surface area contributed by atoms with Crippen LogP contribution in [0, 0.1) is 26.0 Å². The Hall–Kier alpha value is -2.42. The van der Waals surface area contributed by atoms with Gasteiger partial charge >= 0.3 is 0 Å². The molecule has 0 aliphatic carbocycles. The van der Waals surface area contributed by atoms with E-state index in [0.717, 1.165) is 45.0 Å². The van der Waals surface area contributed by atoms with Gasteiger partial charge in [-0.3, -0.25) is 0 Å². The van der Waals surface area contributed by atoms with Gasteiger partial charge in [0.25, 0.3) is 0 Å². The molecule has 0 fully saturated rings. The Labute approximate surface area is 211 Å². The van der Waals surface area contributed by atoms with E-state index in [9.17, 15) is 0 Å². The van der Waals surface area contributed by atoms with Gasteiger partial charge in [-0.05, 0) is 13.8 Å². The average Bonchev–Trinajstić information content (AvgIpc) is 2.82. The smallest absolute Gasteiger partial charge is 0.0968 e. The molecule has 0 saturated carbocycles. The van der Waals surface area contributed by atoms with Gasteiger partial charge in [0.05, 0.1) is 22.8 Å². The van der Waals surface area contributed by atoms with Crippen molar-refractivity contribution >= 4 is 5.57 Å². The number of nitrogens with zero attached hydrogens (tertiary/aromatic N) is 2. The largest absolute Gasteiger partial charge is 0.327 e. The number of rotatable bonds is 3. The third kappa shape index (κ3) is 6.79. The topological polar surface area (TPSA) is 25.8 Å². The number of allylic oxidation sites excluding steroid dienone is 2. The van der Waals surface area contributed by atoms with Crippen molar-refractivity contribution in [1.82, 2.24) is 9.97 Å². The van der Waals surface area contributed by atoms with E-state index in [2.05, 4.69) is 36.4 Å². The van der Waals surface area contributed by atoms with E-state index >= 15 is 0 Å². The summed E-state index contributed by atoms with van der Waals surface area (Å²) < 4.78 is 0. The van der Waals surface area contributed by atoms with Crippen LogP contribution in [0.3, 0.4) is 0 Å². The maximum Gasteiger partial charge on any atom is 0.0968 e. The van der Waals surface area contributed by atoms with Crippen molar-refractivity contribution in [3.05, 3.63) is 114 Å². The Morgan fingerprint density at radius 2 is 1.16 bits per heavy atom. The SMILES string of the molecule is C[C-]=C(C)c1[c-]cccc1.Cc1nc(-c2ccccc2)c(-c2ccccc2)nc1C.[Y]. The van der Waals surface area contributed by atoms with Crippen LogP contribution in [0.25, 0.3) is 28.1 Å². The molecule has 1 aromatic heterocycles. The zero-order valence-corrected chi connectivity index (χ0v) is 21.4. The summed E-state index contributed by atoms with van der Waals surface area (Å²) in [6, 6.07) is 31.5. The maximum absolute atomic E-state index is 4.76. The van der Waals surface area contributed by atoms with E-state index in [1.807, 2.05) is 88.4 Å². The molecule has 4 aromatic rings. The molecule has 0 aliphatic rings. The fraction of sp³-hybridized carbons (Fsp3) is 0.143. The zero-order valence-electron chi connectivity index (χ0n) is 18.6. The molecule has 0 N–H and O–H groups in total. The molecule has 4 rings (SSSR count). The fourth-order valence-electron chi connectivity index (χ4n) is 2.96. The van der Waals surface area contributed by atoms with Gasteiger partial charge in [-0.2, -0.15) is 12.1 Å². The van der Waals surface area contributed by atoms with Gasteiger partial charge in [0.1, 0.15) is 0 Å². The Balaban J connectivity index is 0.000000264. The summed E-state index contributed by atoms with van der Waals surface area (Å²) >= 11 is 0. The second-order valence-corrected chi connectivity index (χ2v) is 6.97. The second-order valence-electron chi connectivity index (χ2n) is 6.97. The third-order valence-corrected chi connectivity index (χ3v) is 4.89. The Morgan fingerprint density at radius 1 is 0.710 bits per heavy atom. The van der Waals surface area contributed by atoms with Crippen molar-refractivity contribution in [2.24, 2.45) is 0 Å². The Kier molecular flexibility index (Phi) is 9.97. The zero-order chi connectivity index (χ0) is 21.3. The molecule has 2 nitrogen and oxygen atoms in total. The summed E-state index contributed by atoms with van der Waals surface area (Å²) in [5.41, 5.74) is 8.32. The van der Waals surface area contributed by atoms with E-state index in [0.29, 0.717) is 0 Å². The molecule has 1 heterocycles. The molecule has 1 radical (unpaired) electrons. The molecule has 153 valence electrons. The number of aromatic nitrogens is 2. The van der Waals surface area contributed by atoms with Crippen molar-refractivity contribution in [3.63, 3.8) is 0 Å². The molecule has 3 aromatic carbocycles. The monoisotopic (exact) mass is 479 g/mol. The maximum atomic E-state index is 4.76. The average molecular weight is 479 g/mol. The van der Waals surface area contributed by atoms with Crippen LogP contribution in [0.1, 0.15) is 30.8 Å². The van der Waals surface area contributed by atoms with E-state index in [4.69, 9.17) is 9.97 Å². The van der Waals surface area contributed by atoms with Gasteiger partial charge in [0.2, 0.25) is 0 Å². The molecule has 0 bridgehead atoms. The molecule has 0 aliphatic heterocycles. The van der Waals surface area contributed by atoms with E-state index in [-0.39, 0.29) is 32.7 Å². The Bertz CT molecular complexity index is 1040. The predicted molar refractivity (Wildman–Crippen MR) is 126 cm³/mol. The number of hydrogen-bond donors (Lipinski definition) is 0. The number of benzene rings is 3. The van der Waals surface area contributed by atoms with Crippen molar-refractivity contribution in [2.75, 3.05) is 0 Å².